The number of carbonyl (C=O) groups excluding carboxylic acids is 3. The molecule has 32 heavy (non-hydrogen) atoms. The van der Waals surface area contributed by atoms with Gasteiger partial charge in [-0.25, -0.2) is 0 Å². The summed E-state index contributed by atoms with van der Waals surface area (Å²) in [5, 5.41) is 5.49. The van der Waals surface area contributed by atoms with Gasteiger partial charge in [-0.1, -0.05) is 6.42 Å². The zero-order valence-corrected chi connectivity index (χ0v) is 18.1. The molecule has 3 atom stereocenters. The predicted octanol–water partition coefficient (Wildman–Crippen LogP) is 4.26. The van der Waals surface area contributed by atoms with Gasteiger partial charge in [0.05, 0.1) is 7.11 Å². The van der Waals surface area contributed by atoms with E-state index in [-0.39, 0.29) is 18.5 Å². The maximum Gasteiger partial charge on any atom is 0.306 e. The van der Waals surface area contributed by atoms with E-state index >= 15 is 0 Å². The summed E-state index contributed by atoms with van der Waals surface area (Å²) in [7, 11) is 1.58. The van der Waals surface area contributed by atoms with Crippen LogP contribution in [0.2, 0.25) is 0 Å². The lowest BCUT2D eigenvalue weighted by atomic mass is 9.86. The number of methoxy groups -OCH3 is 1. The Balaban J connectivity index is 1.20. The molecule has 2 bridgehead atoms. The van der Waals surface area contributed by atoms with Crippen molar-refractivity contribution in [1.82, 2.24) is 0 Å². The fourth-order valence-corrected chi connectivity index (χ4v) is 4.83. The second-order valence-corrected chi connectivity index (χ2v) is 8.61. The van der Waals surface area contributed by atoms with Crippen molar-refractivity contribution in [1.29, 1.82) is 0 Å². The maximum absolute atomic E-state index is 12.4. The van der Waals surface area contributed by atoms with E-state index in [1.807, 2.05) is 0 Å². The van der Waals surface area contributed by atoms with Crippen molar-refractivity contribution in [3.8, 4) is 5.75 Å². The zero-order valence-electron chi connectivity index (χ0n) is 18.1. The molecule has 0 aromatic heterocycles. The number of amides is 2. The van der Waals surface area contributed by atoms with Crippen LogP contribution in [0.5, 0.6) is 5.75 Å². The highest BCUT2D eigenvalue weighted by Gasteiger charge is 2.40. The molecule has 2 aliphatic carbocycles. The number of anilines is 2. The average molecular weight is 437 g/mol. The minimum atomic E-state index is -0.401. The average Bonchev–Trinajstić information content (AvgIpc) is 3.42. The maximum atomic E-state index is 12.4. The van der Waals surface area contributed by atoms with E-state index in [0.717, 1.165) is 12.3 Å². The highest BCUT2D eigenvalue weighted by atomic mass is 16.5. The SMILES string of the molecule is COc1ccc(NC(=O)c2ccc(NC(=O)COC(=O)C[C@H]3C[C@H]4CC[C@H]3C4)cc2)cc1. The van der Waals surface area contributed by atoms with Gasteiger partial charge in [0.1, 0.15) is 5.75 Å². The summed E-state index contributed by atoms with van der Waals surface area (Å²) in [6, 6.07) is 13.5. The van der Waals surface area contributed by atoms with Crippen LogP contribution in [0.4, 0.5) is 11.4 Å². The first-order valence-electron chi connectivity index (χ1n) is 11.0. The second-order valence-electron chi connectivity index (χ2n) is 8.61. The Morgan fingerprint density at radius 3 is 2.22 bits per heavy atom. The summed E-state index contributed by atoms with van der Waals surface area (Å²) in [5.41, 5.74) is 1.64. The number of rotatable bonds is 8. The molecule has 2 N–H and O–H groups in total. The third-order valence-corrected chi connectivity index (χ3v) is 6.46. The summed E-state index contributed by atoms with van der Waals surface area (Å²) >= 11 is 0. The van der Waals surface area contributed by atoms with Crippen molar-refractivity contribution >= 4 is 29.2 Å². The Morgan fingerprint density at radius 2 is 1.59 bits per heavy atom. The van der Waals surface area contributed by atoms with E-state index in [1.165, 1.54) is 19.3 Å². The molecule has 0 saturated heterocycles. The molecule has 2 aromatic carbocycles. The lowest BCUT2D eigenvalue weighted by Crippen LogP contribution is -2.23. The summed E-state index contributed by atoms with van der Waals surface area (Å²) in [6.45, 7) is -0.306. The van der Waals surface area contributed by atoms with Crippen molar-refractivity contribution in [2.45, 2.75) is 32.1 Å². The van der Waals surface area contributed by atoms with Gasteiger partial charge >= 0.3 is 5.97 Å². The van der Waals surface area contributed by atoms with E-state index in [4.69, 9.17) is 9.47 Å². The second kappa shape index (κ2) is 9.85. The van der Waals surface area contributed by atoms with E-state index < -0.39 is 5.91 Å². The fourth-order valence-electron chi connectivity index (χ4n) is 4.83. The van der Waals surface area contributed by atoms with Gasteiger partial charge in [-0.05, 0) is 85.5 Å². The molecular weight excluding hydrogens is 408 g/mol. The fraction of sp³-hybridized carbons (Fsp3) is 0.400. The molecule has 168 valence electrons. The molecule has 2 aromatic rings. The van der Waals surface area contributed by atoms with E-state index in [9.17, 15) is 14.4 Å². The van der Waals surface area contributed by atoms with Crippen LogP contribution in [0.25, 0.3) is 0 Å². The molecule has 0 unspecified atom stereocenters. The number of ether oxygens (including phenoxy) is 2. The van der Waals surface area contributed by atoms with Crippen LogP contribution in [0.1, 0.15) is 42.5 Å². The number of hydrogen-bond donors (Lipinski definition) is 2. The standard InChI is InChI=1S/C25H28N2O5/c1-31-22-10-8-21(9-11-22)27-25(30)17-4-6-20(7-5-17)26-23(28)15-32-24(29)14-19-13-16-2-3-18(19)12-16/h4-11,16,18-19H,2-3,12-15H2,1H3,(H,26,28)(H,27,30)/t16-,18-,19+/m0/s1. The highest BCUT2D eigenvalue weighted by Crippen LogP contribution is 2.49. The van der Waals surface area contributed by atoms with Gasteiger partial charge < -0.3 is 20.1 Å². The molecule has 7 nitrogen and oxygen atoms in total. The monoisotopic (exact) mass is 436 g/mol. The van der Waals surface area contributed by atoms with Crippen molar-refractivity contribution in [3.05, 3.63) is 54.1 Å². The van der Waals surface area contributed by atoms with Crippen molar-refractivity contribution in [2.75, 3.05) is 24.4 Å². The molecule has 7 heteroatoms. The molecule has 0 radical (unpaired) electrons. The molecule has 2 fully saturated rings. The smallest absolute Gasteiger partial charge is 0.306 e. The van der Waals surface area contributed by atoms with Crippen LogP contribution in [0, 0.1) is 17.8 Å². The van der Waals surface area contributed by atoms with E-state index in [0.29, 0.717) is 40.9 Å². The summed E-state index contributed by atoms with van der Waals surface area (Å²) in [6.07, 6.45) is 5.28. The number of benzene rings is 2. The molecule has 2 amide bonds. The largest absolute Gasteiger partial charge is 0.497 e. The van der Waals surface area contributed by atoms with Gasteiger partial charge in [-0.15, -0.1) is 0 Å². The molecule has 0 heterocycles. The summed E-state index contributed by atoms with van der Waals surface area (Å²) in [5.74, 6) is 1.59. The Kier molecular flexibility index (Phi) is 6.73. The van der Waals surface area contributed by atoms with Crippen LogP contribution in [0.15, 0.2) is 48.5 Å². The lowest BCUT2D eigenvalue weighted by molar-refractivity contribution is -0.148. The Bertz CT molecular complexity index is 971. The Labute approximate surface area is 187 Å². The summed E-state index contributed by atoms with van der Waals surface area (Å²) < 4.78 is 10.3. The van der Waals surface area contributed by atoms with Gasteiger partial charge in [0.25, 0.3) is 11.8 Å². The van der Waals surface area contributed by atoms with Crippen molar-refractivity contribution in [2.24, 2.45) is 17.8 Å². The highest BCUT2D eigenvalue weighted by molar-refractivity contribution is 6.04. The molecule has 2 saturated carbocycles. The molecule has 2 aliphatic rings. The van der Waals surface area contributed by atoms with Crippen LogP contribution in [-0.2, 0) is 14.3 Å². The van der Waals surface area contributed by atoms with Crippen LogP contribution >= 0.6 is 0 Å². The molecule has 0 spiro atoms. The van der Waals surface area contributed by atoms with Gasteiger partial charge in [-0.2, -0.15) is 0 Å². The minimum absolute atomic E-state index is 0.261. The quantitative estimate of drug-likeness (QED) is 0.603. The predicted molar refractivity (Wildman–Crippen MR) is 121 cm³/mol. The third-order valence-electron chi connectivity index (χ3n) is 6.46. The molecule has 4 rings (SSSR count). The van der Waals surface area contributed by atoms with Crippen LogP contribution < -0.4 is 15.4 Å². The topological polar surface area (TPSA) is 93.7 Å². The lowest BCUT2D eigenvalue weighted by Gasteiger charge is -2.20. The Hall–Kier alpha value is -3.35. The van der Waals surface area contributed by atoms with Crippen LogP contribution in [0.3, 0.4) is 0 Å². The minimum Gasteiger partial charge on any atom is -0.497 e. The first kappa shape index (κ1) is 21.9. The zero-order chi connectivity index (χ0) is 22.5. The van der Waals surface area contributed by atoms with Gasteiger partial charge in [0.2, 0.25) is 0 Å². The van der Waals surface area contributed by atoms with Gasteiger partial charge in [0, 0.05) is 23.4 Å². The van der Waals surface area contributed by atoms with E-state index in [1.54, 1.807) is 55.6 Å². The number of hydrogen-bond acceptors (Lipinski definition) is 5. The Morgan fingerprint density at radius 1 is 0.906 bits per heavy atom. The first-order chi connectivity index (χ1) is 15.5. The number of fused-ring (bicyclic) bond motifs is 2. The van der Waals surface area contributed by atoms with Gasteiger partial charge in [0.15, 0.2) is 6.61 Å². The van der Waals surface area contributed by atoms with E-state index in [2.05, 4.69) is 10.6 Å². The molecular formula is C25H28N2O5. The van der Waals surface area contributed by atoms with Crippen molar-refractivity contribution in [3.63, 3.8) is 0 Å². The van der Waals surface area contributed by atoms with Crippen molar-refractivity contribution < 1.29 is 23.9 Å². The number of carbonyl (C=O) groups is 3. The van der Waals surface area contributed by atoms with Crippen LogP contribution in [-0.4, -0.2) is 31.5 Å². The molecule has 0 aliphatic heterocycles. The summed E-state index contributed by atoms with van der Waals surface area (Å²) in [4.78, 5) is 36.6. The third kappa shape index (κ3) is 5.46. The van der Waals surface area contributed by atoms with Gasteiger partial charge in [-0.3, -0.25) is 14.4 Å². The normalized spacial score (nSPS) is 21.1. The number of nitrogens with one attached hydrogen (secondary N) is 2. The first-order valence-corrected chi connectivity index (χ1v) is 11.0. The number of esters is 1.